The molecule has 7 heteroatoms. The number of rotatable bonds is 7. The summed E-state index contributed by atoms with van der Waals surface area (Å²) in [6.07, 6.45) is 0. The minimum atomic E-state index is -3.57. The summed E-state index contributed by atoms with van der Waals surface area (Å²) in [5.41, 5.74) is 6.00. The fourth-order valence-corrected chi connectivity index (χ4v) is 3.38. The molecule has 0 spiro atoms. The summed E-state index contributed by atoms with van der Waals surface area (Å²) in [5.74, 6) is 0.430. The Morgan fingerprint density at radius 2 is 2.11 bits per heavy atom. The summed E-state index contributed by atoms with van der Waals surface area (Å²) in [6.45, 7) is 5.26. The maximum Gasteiger partial charge on any atom is 0.241 e. The number of nitrogen functional groups attached to an aromatic ring is 1. The van der Waals surface area contributed by atoms with Gasteiger partial charge < -0.3 is 10.5 Å². The van der Waals surface area contributed by atoms with Gasteiger partial charge in [-0.2, -0.15) is 0 Å². The summed E-state index contributed by atoms with van der Waals surface area (Å²) < 4.78 is 32.4. The van der Waals surface area contributed by atoms with Crippen molar-refractivity contribution in [3.63, 3.8) is 0 Å². The van der Waals surface area contributed by atoms with Crippen LogP contribution >= 0.6 is 15.9 Å². The molecule has 0 unspecified atom stereocenters. The normalized spacial score (nSPS) is 12.0. The molecule has 0 saturated carbocycles. The van der Waals surface area contributed by atoms with Gasteiger partial charge in [-0.05, 0) is 40.0 Å². The van der Waals surface area contributed by atoms with Gasteiger partial charge in [0.2, 0.25) is 10.0 Å². The van der Waals surface area contributed by atoms with Crippen LogP contribution in [0.2, 0.25) is 0 Å². The molecule has 0 heterocycles. The lowest BCUT2D eigenvalue weighted by atomic mass is 10.2. The standard InChI is InChI=1S/C12H19BrN2O3S/c1-9(2)8-18-6-5-15-19(16,17)12-7-10(14)3-4-11(12)13/h3-4,7,9,15H,5-6,8,14H2,1-2H3. The predicted molar refractivity (Wildman–Crippen MR) is 79.4 cm³/mol. The lowest BCUT2D eigenvalue weighted by molar-refractivity contribution is 0.114. The van der Waals surface area contributed by atoms with Crippen LogP contribution in [0.1, 0.15) is 13.8 Å². The van der Waals surface area contributed by atoms with Gasteiger partial charge in [-0.25, -0.2) is 13.1 Å². The van der Waals surface area contributed by atoms with E-state index in [9.17, 15) is 8.42 Å². The van der Waals surface area contributed by atoms with E-state index in [4.69, 9.17) is 10.5 Å². The van der Waals surface area contributed by atoms with Crippen molar-refractivity contribution in [1.82, 2.24) is 4.72 Å². The van der Waals surface area contributed by atoms with Crippen LogP contribution < -0.4 is 10.5 Å². The first-order valence-electron chi connectivity index (χ1n) is 5.95. The van der Waals surface area contributed by atoms with Gasteiger partial charge in [-0.1, -0.05) is 13.8 Å². The number of hydrogen-bond donors (Lipinski definition) is 2. The zero-order valence-corrected chi connectivity index (χ0v) is 13.4. The molecule has 0 amide bonds. The Balaban J connectivity index is 2.59. The van der Waals surface area contributed by atoms with Crippen LogP contribution in [0.25, 0.3) is 0 Å². The molecule has 3 N–H and O–H groups in total. The highest BCUT2D eigenvalue weighted by atomic mass is 79.9. The van der Waals surface area contributed by atoms with Crippen molar-refractivity contribution in [2.75, 3.05) is 25.5 Å². The summed E-state index contributed by atoms with van der Waals surface area (Å²) >= 11 is 3.20. The van der Waals surface area contributed by atoms with E-state index < -0.39 is 10.0 Å². The van der Waals surface area contributed by atoms with E-state index in [0.717, 1.165) is 0 Å². The number of anilines is 1. The van der Waals surface area contributed by atoms with E-state index in [2.05, 4.69) is 20.7 Å². The Hall–Kier alpha value is -0.630. The van der Waals surface area contributed by atoms with Gasteiger partial charge in [-0.3, -0.25) is 0 Å². The zero-order chi connectivity index (χ0) is 14.5. The average Bonchev–Trinajstić information content (AvgIpc) is 2.31. The Bertz CT molecular complexity index is 518. The topological polar surface area (TPSA) is 81.4 Å². The number of hydrogen-bond acceptors (Lipinski definition) is 4. The van der Waals surface area contributed by atoms with Gasteiger partial charge >= 0.3 is 0 Å². The number of nitrogens with one attached hydrogen (secondary N) is 1. The maximum absolute atomic E-state index is 12.1. The van der Waals surface area contributed by atoms with Gasteiger partial charge in [0.25, 0.3) is 0 Å². The van der Waals surface area contributed by atoms with Crippen molar-refractivity contribution in [2.24, 2.45) is 5.92 Å². The number of halogens is 1. The Morgan fingerprint density at radius 3 is 2.74 bits per heavy atom. The maximum atomic E-state index is 12.1. The average molecular weight is 351 g/mol. The first kappa shape index (κ1) is 16.4. The molecule has 0 aliphatic carbocycles. The number of benzene rings is 1. The molecule has 0 aromatic heterocycles. The number of nitrogens with two attached hydrogens (primary N) is 1. The van der Waals surface area contributed by atoms with Crippen molar-refractivity contribution < 1.29 is 13.2 Å². The van der Waals surface area contributed by atoms with E-state index in [-0.39, 0.29) is 11.4 Å². The van der Waals surface area contributed by atoms with Crippen LogP contribution in [0.15, 0.2) is 27.6 Å². The second-order valence-corrected chi connectivity index (χ2v) is 7.15. The third-order valence-corrected chi connectivity index (χ3v) is 4.69. The Morgan fingerprint density at radius 1 is 1.42 bits per heavy atom. The largest absolute Gasteiger partial charge is 0.399 e. The fourth-order valence-electron chi connectivity index (χ4n) is 1.37. The van der Waals surface area contributed by atoms with Crippen LogP contribution in [-0.2, 0) is 14.8 Å². The van der Waals surface area contributed by atoms with Crippen LogP contribution in [0.5, 0.6) is 0 Å². The molecule has 1 aromatic carbocycles. The first-order valence-corrected chi connectivity index (χ1v) is 8.23. The highest BCUT2D eigenvalue weighted by molar-refractivity contribution is 9.10. The summed E-state index contributed by atoms with van der Waals surface area (Å²) in [7, 11) is -3.57. The van der Waals surface area contributed by atoms with E-state index in [1.807, 2.05) is 13.8 Å². The van der Waals surface area contributed by atoms with E-state index in [1.54, 1.807) is 12.1 Å². The van der Waals surface area contributed by atoms with Gasteiger partial charge in [0.05, 0.1) is 11.5 Å². The number of sulfonamides is 1. The van der Waals surface area contributed by atoms with Gasteiger partial charge in [0.1, 0.15) is 0 Å². The van der Waals surface area contributed by atoms with Crippen molar-refractivity contribution in [2.45, 2.75) is 18.7 Å². The smallest absolute Gasteiger partial charge is 0.241 e. The zero-order valence-electron chi connectivity index (χ0n) is 11.0. The van der Waals surface area contributed by atoms with Crippen LogP contribution in [0.4, 0.5) is 5.69 Å². The highest BCUT2D eigenvalue weighted by Gasteiger charge is 2.17. The molecule has 0 radical (unpaired) electrons. The molecule has 0 bridgehead atoms. The van der Waals surface area contributed by atoms with Crippen molar-refractivity contribution >= 4 is 31.6 Å². The third kappa shape index (κ3) is 5.48. The first-order chi connectivity index (χ1) is 8.83. The van der Waals surface area contributed by atoms with Gasteiger partial charge in [0, 0.05) is 23.3 Å². The van der Waals surface area contributed by atoms with E-state index in [0.29, 0.717) is 29.3 Å². The molecule has 19 heavy (non-hydrogen) atoms. The minimum Gasteiger partial charge on any atom is -0.399 e. The Kier molecular flexibility index (Phi) is 6.25. The van der Waals surface area contributed by atoms with Crippen molar-refractivity contribution in [3.8, 4) is 0 Å². The molecule has 1 aromatic rings. The van der Waals surface area contributed by atoms with E-state index in [1.165, 1.54) is 6.07 Å². The molecule has 108 valence electrons. The van der Waals surface area contributed by atoms with Crippen molar-refractivity contribution in [3.05, 3.63) is 22.7 Å². The fraction of sp³-hybridized carbons (Fsp3) is 0.500. The molecule has 0 atom stereocenters. The Labute approximate surface area is 122 Å². The van der Waals surface area contributed by atoms with Gasteiger partial charge in [0.15, 0.2) is 0 Å². The van der Waals surface area contributed by atoms with Crippen LogP contribution in [0.3, 0.4) is 0 Å². The highest BCUT2D eigenvalue weighted by Crippen LogP contribution is 2.23. The molecular weight excluding hydrogens is 332 g/mol. The van der Waals surface area contributed by atoms with Gasteiger partial charge in [-0.15, -0.1) is 0 Å². The second-order valence-electron chi connectivity index (χ2n) is 4.56. The molecule has 0 aliphatic heterocycles. The summed E-state index contributed by atoms with van der Waals surface area (Å²) in [5, 5.41) is 0. The second kappa shape index (κ2) is 7.23. The third-order valence-electron chi connectivity index (χ3n) is 2.23. The number of ether oxygens (including phenoxy) is 1. The quantitative estimate of drug-likeness (QED) is 0.581. The molecule has 0 aliphatic rings. The van der Waals surface area contributed by atoms with Crippen molar-refractivity contribution in [1.29, 1.82) is 0 Å². The molecular formula is C12H19BrN2O3S. The predicted octanol–water partition coefficient (Wildman–Crippen LogP) is 1.98. The molecule has 5 nitrogen and oxygen atoms in total. The SMILES string of the molecule is CC(C)COCCNS(=O)(=O)c1cc(N)ccc1Br. The summed E-state index contributed by atoms with van der Waals surface area (Å²) in [4.78, 5) is 0.136. The monoisotopic (exact) mass is 350 g/mol. The molecule has 0 fully saturated rings. The molecule has 1 rings (SSSR count). The summed E-state index contributed by atoms with van der Waals surface area (Å²) in [6, 6.07) is 4.66. The minimum absolute atomic E-state index is 0.136. The lowest BCUT2D eigenvalue weighted by Gasteiger charge is -2.10. The van der Waals surface area contributed by atoms with Crippen LogP contribution in [0, 0.1) is 5.92 Å². The van der Waals surface area contributed by atoms with Crippen LogP contribution in [-0.4, -0.2) is 28.2 Å². The van der Waals surface area contributed by atoms with E-state index >= 15 is 0 Å². The lowest BCUT2D eigenvalue weighted by Crippen LogP contribution is -2.28. The molecule has 0 saturated heterocycles.